The topological polar surface area (TPSA) is 87.3 Å². The first kappa shape index (κ1) is 11.1. The second kappa shape index (κ2) is 5.09. The first-order valence-corrected chi connectivity index (χ1v) is 5.48. The van der Waals surface area contributed by atoms with Gasteiger partial charge in [-0.3, -0.25) is 4.98 Å². The molecule has 1 aliphatic rings. The van der Waals surface area contributed by atoms with Crippen molar-refractivity contribution in [3.8, 4) is 0 Å². The first-order chi connectivity index (χ1) is 7.83. The summed E-state index contributed by atoms with van der Waals surface area (Å²) in [5, 5.41) is 8.89. The van der Waals surface area contributed by atoms with Gasteiger partial charge in [0.05, 0.1) is 12.4 Å². The molecule has 0 aromatic carbocycles. The van der Waals surface area contributed by atoms with E-state index in [9.17, 15) is 0 Å². The Hall–Kier alpha value is -1.40. The molecule has 1 aliphatic heterocycles. The number of nitrogens with zero attached hydrogens (tertiary/aromatic N) is 3. The van der Waals surface area contributed by atoms with Gasteiger partial charge in [-0.25, -0.2) is 10.8 Å². The Balaban J connectivity index is 2.02. The summed E-state index contributed by atoms with van der Waals surface area (Å²) in [5.41, 5.74) is 2.49. The molecule has 0 aliphatic carbocycles. The zero-order valence-corrected chi connectivity index (χ0v) is 9.13. The molecule has 2 rings (SSSR count). The normalized spacial score (nSPS) is 20.1. The molecule has 0 spiro atoms. The average molecular weight is 223 g/mol. The number of hydrazine groups is 1. The van der Waals surface area contributed by atoms with Gasteiger partial charge in [0, 0.05) is 19.7 Å². The van der Waals surface area contributed by atoms with Crippen molar-refractivity contribution < 1.29 is 5.11 Å². The number of anilines is 2. The predicted octanol–water partition coefficient (Wildman–Crippen LogP) is -0.0291. The lowest BCUT2D eigenvalue weighted by Crippen LogP contribution is -2.22. The van der Waals surface area contributed by atoms with Crippen LogP contribution in [-0.2, 0) is 0 Å². The molecule has 1 unspecified atom stereocenters. The number of nitrogens with one attached hydrogen (secondary N) is 1. The largest absolute Gasteiger partial charge is 0.396 e. The van der Waals surface area contributed by atoms with E-state index in [1.807, 2.05) is 0 Å². The van der Waals surface area contributed by atoms with Gasteiger partial charge < -0.3 is 15.4 Å². The van der Waals surface area contributed by atoms with Gasteiger partial charge in [0.2, 0.25) is 0 Å². The highest BCUT2D eigenvalue weighted by atomic mass is 16.3. The van der Waals surface area contributed by atoms with Crippen LogP contribution < -0.4 is 16.2 Å². The fourth-order valence-electron chi connectivity index (χ4n) is 2.04. The van der Waals surface area contributed by atoms with Crippen molar-refractivity contribution >= 4 is 11.6 Å². The van der Waals surface area contributed by atoms with Crippen LogP contribution in [0.1, 0.15) is 12.8 Å². The summed E-state index contributed by atoms with van der Waals surface area (Å²) in [4.78, 5) is 10.6. The van der Waals surface area contributed by atoms with E-state index in [1.165, 1.54) is 0 Å². The Morgan fingerprint density at radius 3 is 3.19 bits per heavy atom. The molecule has 0 amide bonds. The zero-order valence-electron chi connectivity index (χ0n) is 9.13. The second-order valence-corrected chi connectivity index (χ2v) is 4.02. The van der Waals surface area contributed by atoms with Crippen LogP contribution in [0.5, 0.6) is 0 Å². The van der Waals surface area contributed by atoms with Crippen LogP contribution in [0.4, 0.5) is 11.6 Å². The molecular formula is C10H17N5O. The molecule has 16 heavy (non-hydrogen) atoms. The zero-order chi connectivity index (χ0) is 11.4. The van der Waals surface area contributed by atoms with Gasteiger partial charge in [0.15, 0.2) is 5.82 Å². The maximum Gasteiger partial charge on any atom is 0.160 e. The molecule has 6 heteroatoms. The summed E-state index contributed by atoms with van der Waals surface area (Å²) in [6, 6.07) is 0. The summed E-state index contributed by atoms with van der Waals surface area (Å²) >= 11 is 0. The van der Waals surface area contributed by atoms with Crippen LogP contribution in [0.3, 0.4) is 0 Å². The average Bonchev–Trinajstić information content (AvgIpc) is 2.78. The molecule has 1 aromatic heterocycles. The number of aliphatic hydroxyl groups is 1. The Morgan fingerprint density at radius 1 is 1.56 bits per heavy atom. The molecule has 1 fully saturated rings. The third-order valence-corrected chi connectivity index (χ3v) is 2.92. The molecule has 0 radical (unpaired) electrons. The SMILES string of the molecule is NNc1cncc(N2CCC(CCO)C2)n1. The second-order valence-electron chi connectivity index (χ2n) is 4.02. The molecular weight excluding hydrogens is 206 g/mol. The van der Waals surface area contributed by atoms with E-state index in [4.69, 9.17) is 10.9 Å². The molecule has 4 N–H and O–H groups in total. The van der Waals surface area contributed by atoms with E-state index in [1.54, 1.807) is 12.4 Å². The van der Waals surface area contributed by atoms with Crippen molar-refractivity contribution in [1.29, 1.82) is 0 Å². The van der Waals surface area contributed by atoms with Gasteiger partial charge >= 0.3 is 0 Å². The molecule has 2 heterocycles. The molecule has 1 atom stereocenters. The Bertz CT molecular complexity index is 346. The Labute approximate surface area is 94.5 Å². The summed E-state index contributed by atoms with van der Waals surface area (Å²) in [5.74, 6) is 7.26. The fraction of sp³-hybridized carbons (Fsp3) is 0.600. The maximum atomic E-state index is 8.89. The summed E-state index contributed by atoms with van der Waals surface area (Å²) in [6.07, 6.45) is 5.29. The van der Waals surface area contributed by atoms with Crippen LogP contribution in [0, 0.1) is 5.92 Å². The van der Waals surface area contributed by atoms with Gasteiger partial charge in [0.1, 0.15) is 5.82 Å². The minimum absolute atomic E-state index is 0.259. The highest BCUT2D eigenvalue weighted by Gasteiger charge is 2.23. The monoisotopic (exact) mass is 223 g/mol. The van der Waals surface area contributed by atoms with E-state index < -0.39 is 0 Å². The van der Waals surface area contributed by atoms with Crippen molar-refractivity contribution in [2.24, 2.45) is 11.8 Å². The number of rotatable bonds is 4. The van der Waals surface area contributed by atoms with Crippen LogP contribution >= 0.6 is 0 Å². The molecule has 0 saturated carbocycles. The Kier molecular flexibility index (Phi) is 3.53. The Morgan fingerprint density at radius 2 is 2.44 bits per heavy atom. The number of nitrogen functional groups attached to an aromatic ring is 1. The van der Waals surface area contributed by atoms with Crippen LogP contribution in [0.2, 0.25) is 0 Å². The van der Waals surface area contributed by atoms with Gasteiger partial charge in [-0.05, 0) is 18.8 Å². The van der Waals surface area contributed by atoms with Crippen molar-refractivity contribution in [1.82, 2.24) is 9.97 Å². The lowest BCUT2D eigenvalue weighted by Gasteiger charge is -2.17. The van der Waals surface area contributed by atoms with Crippen LogP contribution in [0.25, 0.3) is 0 Å². The standard InChI is InChI=1S/C10H17N5O/c11-14-9-5-12-6-10(13-9)15-3-1-8(7-15)2-4-16/h5-6,8,16H,1-4,7,11H2,(H,13,14). The molecule has 1 aromatic rings. The lowest BCUT2D eigenvalue weighted by atomic mass is 10.1. The summed E-state index contributed by atoms with van der Waals surface area (Å²) in [6.45, 7) is 2.16. The predicted molar refractivity (Wildman–Crippen MR) is 61.9 cm³/mol. The summed E-state index contributed by atoms with van der Waals surface area (Å²) in [7, 11) is 0. The third-order valence-electron chi connectivity index (χ3n) is 2.92. The molecule has 6 nitrogen and oxygen atoms in total. The number of aliphatic hydroxyl groups excluding tert-OH is 1. The van der Waals surface area contributed by atoms with Gasteiger partial charge in [0.25, 0.3) is 0 Å². The number of nitrogens with two attached hydrogens (primary N) is 1. The smallest absolute Gasteiger partial charge is 0.160 e. The van der Waals surface area contributed by atoms with E-state index in [0.717, 1.165) is 31.7 Å². The molecule has 1 saturated heterocycles. The highest BCUT2D eigenvalue weighted by Crippen LogP contribution is 2.24. The number of hydrogen-bond acceptors (Lipinski definition) is 6. The maximum absolute atomic E-state index is 8.89. The minimum Gasteiger partial charge on any atom is -0.396 e. The molecule has 88 valence electrons. The highest BCUT2D eigenvalue weighted by molar-refractivity contribution is 5.43. The van der Waals surface area contributed by atoms with E-state index in [0.29, 0.717) is 11.7 Å². The van der Waals surface area contributed by atoms with Gasteiger partial charge in [-0.1, -0.05) is 0 Å². The van der Waals surface area contributed by atoms with Crippen LogP contribution in [0.15, 0.2) is 12.4 Å². The van der Waals surface area contributed by atoms with Crippen molar-refractivity contribution in [3.63, 3.8) is 0 Å². The number of hydrogen-bond donors (Lipinski definition) is 3. The van der Waals surface area contributed by atoms with E-state index in [2.05, 4.69) is 20.3 Å². The molecule has 0 bridgehead atoms. The van der Waals surface area contributed by atoms with E-state index >= 15 is 0 Å². The summed E-state index contributed by atoms with van der Waals surface area (Å²) < 4.78 is 0. The lowest BCUT2D eigenvalue weighted by molar-refractivity contribution is 0.263. The quantitative estimate of drug-likeness (QED) is 0.491. The van der Waals surface area contributed by atoms with Crippen molar-refractivity contribution in [2.45, 2.75) is 12.8 Å². The van der Waals surface area contributed by atoms with Gasteiger partial charge in [-0.2, -0.15) is 0 Å². The van der Waals surface area contributed by atoms with Crippen molar-refractivity contribution in [2.75, 3.05) is 30.0 Å². The van der Waals surface area contributed by atoms with Gasteiger partial charge in [-0.15, -0.1) is 0 Å². The third kappa shape index (κ3) is 2.40. The van der Waals surface area contributed by atoms with Crippen molar-refractivity contribution in [3.05, 3.63) is 12.4 Å². The fourth-order valence-corrected chi connectivity index (χ4v) is 2.04. The minimum atomic E-state index is 0.259. The van der Waals surface area contributed by atoms with E-state index in [-0.39, 0.29) is 6.61 Å². The first-order valence-electron chi connectivity index (χ1n) is 5.48. The van der Waals surface area contributed by atoms with Crippen LogP contribution in [-0.4, -0.2) is 34.8 Å². The number of aromatic nitrogens is 2.